The Balaban J connectivity index is 2.61. The second kappa shape index (κ2) is 4.91. The van der Waals surface area contributed by atoms with Gasteiger partial charge in [-0.05, 0) is 37.9 Å². The van der Waals surface area contributed by atoms with Gasteiger partial charge in [-0.25, -0.2) is 9.78 Å². The summed E-state index contributed by atoms with van der Waals surface area (Å²) >= 11 is 7.49. The fraction of sp³-hybridized carbons (Fsp3) is 0.111. The molecule has 0 unspecified atom stereocenters. The molecule has 19 heavy (non-hydrogen) atoms. The maximum atomic E-state index is 12.6. The Kier molecular flexibility index (Phi) is 3.76. The molecule has 0 atom stereocenters. The van der Waals surface area contributed by atoms with Crippen LogP contribution < -0.4 is 0 Å². The van der Waals surface area contributed by atoms with Gasteiger partial charge in [-0.3, -0.25) is 0 Å². The Bertz CT molecular complexity index is 650. The van der Waals surface area contributed by atoms with Crippen molar-refractivity contribution in [3.05, 3.63) is 25.1 Å². The minimum atomic E-state index is -4.89. The number of hydrogen-bond donors (Lipinski definition) is 1. The summed E-state index contributed by atoms with van der Waals surface area (Å²) in [5, 5.41) is 8.71. The summed E-state index contributed by atoms with van der Waals surface area (Å²) in [6.45, 7) is 0. The molecule has 102 valence electrons. The highest BCUT2D eigenvalue weighted by molar-refractivity contribution is 9.12. The molecule has 0 spiro atoms. The topological polar surface area (TPSA) is 63.3 Å². The van der Waals surface area contributed by atoms with E-state index in [4.69, 9.17) is 9.52 Å². The summed E-state index contributed by atoms with van der Waals surface area (Å²) in [6.07, 6.45) is -4.89. The molecule has 2 aromatic heterocycles. The van der Waals surface area contributed by atoms with E-state index < -0.39 is 29.5 Å². The van der Waals surface area contributed by atoms with Crippen LogP contribution in [0.5, 0.6) is 0 Å². The van der Waals surface area contributed by atoms with Gasteiger partial charge in [0, 0.05) is 0 Å². The lowest BCUT2D eigenvalue weighted by Gasteiger charge is -2.00. The molecule has 2 aromatic rings. The standard InChI is InChI=1S/C9H2Br2F3NO3S/c10-3-1-2(6(11)19-3)7-15-5(9(12,13)14)4(18-7)8(16)17/h1H,(H,16,17). The van der Waals surface area contributed by atoms with E-state index in [0.717, 1.165) is 0 Å². The fourth-order valence-corrected chi connectivity index (χ4v) is 4.04. The minimum Gasteiger partial charge on any atom is -0.475 e. The highest BCUT2D eigenvalue weighted by Crippen LogP contribution is 2.40. The third kappa shape index (κ3) is 2.84. The van der Waals surface area contributed by atoms with Crippen LogP contribution >= 0.6 is 43.2 Å². The van der Waals surface area contributed by atoms with E-state index in [2.05, 4.69) is 36.8 Å². The van der Waals surface area contributed by atoms with E-state index >= 15 is 0 Å². The van der Waals surface area contributed by atoms with E-state index in [1.165, 1.54) is 17.4 Å². The number of rotatable bonds is 2. The molecule has 0 aliphatic carbocycles. The van der Waals surface area contributed by atoms with Crippen LogP contribution in [-0.2, 0) is 6.18 Å². The van der Waals surface area contributed by atoms with Crippen LogP contribution in [0, 0.1) is 0 Å². The lowest BCUT2D eigenvalue weighted by atomic mass is 10.3. The smallest absolute Gasteiger partial charge is 0.437 e. The van der Waals surface area contributed by atoms with Crippen molar-refractivity contribution in [1.29, 1.82) is 0 Å². The number of hydrogen-bond acceptors (Lipinski definition) is 4. The Morgan fingerprint density at radius 3 is 2.42 bits per heavy atom. The number of halogens is 5. The summed E-state index contributed by atoms with van der Waals surface area (Å²) in [5.41, 5.74) is -1.31. The maximum Gasteiger partial charge on any atom is 0.437 e. The van der Waals surface area contributed by atoms with Gasteiger partial charge in [0.25, 0.3) is 0 Å². The molecule has 0 radical (unpaired) electrons. The zero-order valence-electron chi connectivity index (χ0n) is 8.59. The predicted octanol–water partition coefficient (Wildman–Crippen LogP) is 4.65. The molecule has 1 N–H and O–H groups in total. The quantitative estimate of drug-likeness (QED) is 0.768. The Morgan fingerprint density at radius 2 is 2.05 bits per heavy atom. The third-order valence-electron chi connectivity index (χ3n) is 1.98. The summed E-state index contributed by atoms with van der Waals surface area (Å²) < 4.78 is 43.7. The number of aromatic nitrogens is 1. The molecule has 0 saturated heterocycles. The fourth-order valence-electron chi connectivity index (χ4n) is 1.26. The number of carboxylic acid groups (broad SMARTS) is 1. The molecule has 0 aliphatic heterocycles. The molecule has 0 aromatic carbocycles. The maximum absolute atomic E-state index is 12.6. The molecule has 10 heteroatoms. The third-order valence-corrected chi connectivity index (χ3v) is 4.32. The molecule has 0 aliphatic rings. The first-order chi connectivity index (χ1) is 8.70. The summed E-state index contributed by atoms with van der Waals surface area (Å²) in [7, 11) is 0. The first-order valence-corrected chi connectivity index (χ1v) is 6.87. The monoisotopic (exact) mass is 419 g/mol. The zero-order valence-corrected chi connectivity index (χ0v) is 12.6. The van der Waals surface area contributed by atoms with Crippen molar-refractivity contribution < 1.29 is 27.5 Å². The molecule has 4 nitrogen and oxygen atoms in total. The molecule has 2 rings (SSSR count). The van der Waals surface area contributed by atoms with Gasteiger partial charge in [-0.2, -0.15) is 13.2 Å². The molecule has 0 saturated carbocycles. The van der Waals surface area contributed by atoms with E-state index in [-0.39, 0.29) is 5.56 Å². The van der Waals surface area contributed by atoms with E-state index in [0.29, 0.717) is 7.57 Å². The van der Waals surface area contributed by atoms with E-state index in [1.807, 2.05) is 0 Å². The predicted molar refractivity (Wildman–Crippen MR) is 67.2 cm³/mol. The van der Waals surface area contributed by atoms with Crippen LogP contribution in [-0.4, -0.2) is 16.1 Å². The average Bonchev–Trinajstić information content (AvgIpc) is 2.80. The second-order valence-electron chi connectivity index (χ2n) is 3.24. The number of carboxylic acids is 1. The van der Waals surface area contributed by atoms with Crippen LogP contribution in [0.1, 0.15) is 16.2 Å². The van der Waals surface area contributed by atoms with Gasteiger partial charge < -0.3 is 9.52 Å². The lowest BCUT2D eigenvalue weighted by Crippen LogP contribution is -2.11. The number of alkyl halides is 3. The van der Waals surface area contributed by atoms with Gasteiger partial charge in [-0.1, -0.05) is 0 Å². The van der Waals surface area contributed by atoms with E-state index in [1.54, 1.807) is 0 Å². The van der Waals surface area contributed by atoms with Crippen molar-refractivity contribution >= 4 is 49.2 Å². The van der Waals surface area contributed by atoms with Gasteiger partial charge in [0.05, 0.1) is 13.1 Å². The van der Waals surface area contributed by atoms with Gasteiger partial charge in [0.15, 0.2) is 5.69 Å². The molecule has 2 heterocycles. The minimum absolute atomic E-state index is 0.245. The largest absolute Gasteiger partial charge is 0.475 e. The number of thiophene rings is 1. The number of oxazole rings is 1. The van der Waals surface area contributed by atoms with Gasteiger partial charge in [0.1, 0.15) is 0 Å². The van der Waals surface area contributed by atoms with Crippen molar-refractivity contribution in [1.82, 2.24) is 4.98 Å². The van der Waals surface area contributed by atoms with E-state index in [9.17, 15) is 18.0 Å². The first-order valence-electron chi connectivity index (χ1n) is 4.46. The van der Waals surface area contributed by atoms with Crippen LogP contribution in [0.25, 0.3) is 11.5 Å². The lowest BCUT2D eigenvalue weighted by molar-refractivity contribution is -0.141. The summed E-state index contributed by atoms with van der Waals surface area (Å²) in [6, 6.07) is 1.48. The van der Waals surface area contributed by atoms with Gasteiger partial charge >= 0.3 is 12.1 Å². The van der Waals surface area contributed by atoms with Crippen molar-refractivity contribution in [3.63, 3.8) is 0 Å². The summed E-state index contributed by atoms with van der Waals surface area (Å²) in [4.78, 5) is 14.0. The van der Waals surface area contributed by atoms with Crippen LogP contribution in [0.3, 0.4) is 0 Å². The molecular formula is C9H2Br2F3NO3S. The SMILES string of the molecule is O=C(O)c1oc(-c2cc(Br)sc2Br)nc1C(F)(F)F. The number of aromatic carboxylic acids is 1. The number of nitrogens with zero attached hydrogens (tertiary/aromatic N) is 1. The van der Waals surface area contributed by atoms with Crippen LogP contribution in [0.2, 0.25) is 0 Å². The van der Waals surface area contributed by atoms with Crippen molar-refractivity contribution in [3.8, 4) is 11.5 Å². The number of carbonyl (C=O) groups is 1. The molecular weight excluding hydrogens is 419 g/mol. The van der Waals surface area contributed by atoms with Gasteiger partial charge in [-0.15, -0.1) is 11.3 Å². The Hall–Kier alpha value is -0.870. The molecule has 0 bridgehead atoms. The highest BCUT2D eigenvalue weighted by atomic mass is 79.9. The highest BCUT2D eigenvalue weighted by Gasteiger charge is 2.41. The van der Waals surface area contributed by atoms with Crippen molar-refractivity contribution in [2.75, 3.05) is 0 Å². The second-order valence-corrected chi connectivity index (χ2v) is 6.99. The van der Waals surface area contributed by atoms with Crippen molar-refractivity contribution in [2.24, 2.45) is 0 Å². The normalized spacial score (nSPS) is 11.8. The zero-order chi connectivity index (χ0) is 14.4. The van der Waals surface area contributed by atoms with Crippen molar-refractivity contribution in [2.45, 2.75) is 6.18 Å². The summed E-state index contributed by atoms with van der Waals surface area (Å²) in [5.74, 6) is -3.45. The first kappa shape index (κ1) is 14.5. The van der Waals surface area contributed by atoms with Gasteiger partial charge in [0.2, 0.25) is 11.7 Å². The average molecular weight is 421 g/mol. The van der Waals surface area contributed by atoms with Crippen LogP contribution in [0.15, 0.2) is 18.1 Å². The Morgan fingerprint density at radius 1 is 1.42 bits per heavy atom. The van der Waals surface area contributed by atoms with Crippen LogP contribution in [0.4, 0.5) is 13.2 Å². The Labute approximate surface area is 124 Å². The molecule has 0 amide bonds. The molecule has 0 fully saturated rings.